The van der Waals surface area contributed by atoms with E-state index in [0.717, 1.165) is 37.7 Å². The van der Waals surface area contributed by atoms with E-state index in [1.165, 1.54) is 5.69 Å². The van der Waals surface area contributed by atoms with Crippen molar-refractivity contribution < 1.29 is 4.74 Å². The molecule has 1 aromatic heterocycles. The first-order chi connectivity index (χ1) is 12.6. The van der Waals surface area contributed by atoms with Gasteiger partial charge in [0.1, 0.15) is 12.4 Å². The molecule has 0 bridgehead atoms. The molecule has 0 aliphatic heterocycles. The lowest BCUT2D eigenvalue weighted by atomic mass is 10.3. The van der Waals surface area contributed by atoms with Crippen LogP contribution >= 0.6 is 35.6 Å². The molecule has 1 aromatic carbocycles. The summed E-state index contributed by atoms with van der Waals surface area (Å²) >= 11 is 6.07. The quantitative estimate of drug-likeness (QED) is 0.236. The zero-order valence-corrected chi connectivity index (χ0v) is 19.3. The van der Waals surface area contributed by atoms with E-state index < -0.39 is 0 Å². The number of nitrogens with zero attached hydrogens (tertiary/aromatic N) is 3. The first kappa shape index (κ1) is 23.6. The predicted molar refractivity (Wildman–Crippen MR) is 123 cm³/mol. The summed E-state index contributed by atoms with van der Waals surface area (Å²) in [4.78, 5) is 4.60. The van der Waals surface area contributed by atoms with Crippen molar-refractivity contribution in [3.05, 3.63) is 46.7 Å². The molecule has 0 amide bonds. The molecule has 0 fully saturated rings. The molecule has 2 N–H and O–H groups in total. The number of aryl methyl sites for hydroxylation is 3. The monoisotopic (exact) mass is 505 g/mol. The molecule has 0 saturated heterocycles. The van der Waals surface area contributed by atoms with Crippen molar-refractivity contribution in [1.82, 2.24) is 20.4 Å². The highest BCUT2D eigenvalue weighted by atomic mass is 127. The number of aromatic nitrogens is 2. The Kier molecular flexibility index (Phi) is 11.2. The van der Waals surface area contributed by atoms with Gasteiger partial charge in [-0.25, -0.2) is 0 Å². The smallest absolute Gasteiger partial charge is 0.191 e. The van der Waals surface area contributed by atoms with Gasteiger partial charge in [-0.15, -0.1) is 24.0 Å². The van der Waals surface area contributed by atoms with Crippen molar-refractivity contribution in [1.29, 1.82) is 0 Å². The maximum Gasteiger partial charge on any atom is 0.191 e. The van der Waals surface area contributed by atoms with Gasteiger partial charge in [-0.1, -0.05) is 23.7 Å². The van der Waals surface area contributed by atoms with Crippen molar-refractivity contribution in [2.45, 2.75) is 33.7 Å². The van der Waals surface area contributed by atoms with E-state index in [1.807, 2.05) is 42.8 Å². The Bertz CT molecular complexity index is 720. The van der Waals surface area contributed by atoms with Gasteiger partial charge in [-0.05, 0) is 45.4 Å². The zero-order valence-electron chi connectivity index (χ0n) is 16.2. The van der Waals surface area contributed by atoms with Crippen molar-refractivity contribution in [2.75, 3.05) is 26.2 Å². The number of benzene rings is 1. The van der Waals surface area contributed by atoms with E-state index in [2.05, 4.69) is 33.7 Å². The summed E-state index contributed by atoms with van der Waals surface area (Å²) in [6, 6.07) is 9.56. The predicted octanol–water partition coefficient (Wildman–Crippen LogP) is 3.80. The Morgan fingerprint density at radius 3 is 2.70 bits per heavy atom. The minimum atomic E-state index is 0. The minimum absolute atomic E-state index is 0. The number of para-hydroxylation sites is 1. The Balaban J connectivity index is 0.00000364. The van der Waals surface area contributed by atoms with Crippen molar-refractivity contribution >= 4 is 41.5 Å². The number of aliphatic imine (C=N–C) groups is 1. The number of guanidine groups is 1. The molecule has 0 saturated carbocycles. The van der Waals surface area contributed by atoms with Gasteiger partial charge < -0.3 is 15.4 Å². The van der Waals surface area contributed by atoms with Crippen LogP contribution in [0.5, 0.6) is 5.75 Å². The summed E-state index contributed by atoms with van der Waals surface area (Å²) in [6.45, 7) is 9.72. The molecule has 2 aromatic rings. The van der Waals surface area contributed by atoms with Crippen LogP contribution in [0.1, 0.15) is 24.7 Å². The Morgan fingerprint density at radius 2 is 2.04 bits per heavy atom. The SMILES string of the molecule is CCNC(=NCCCn1nc(C)cc1C)NCCOc1ccccc1Cl.I. The Labute approximate surface area is 183 Å². The van der Waals surface area contributed by atoms with Crippen LogP contribution in [0, 0.1) is 13.8 Å². The molecule has 6 nitrogen and oxygen atoms in total. The fourth-order valence-corrected chi connectivity index (χ4v) is 2.74. The lowest BCUT2D eigenvalue weighted by Gasteiger charge is -2.12. The van der Waals surface area contributed by atoms with Crippen LogP contribution in [-0.4, -0.2) is 42.0 Å². The number of nitrogens with one attached hydrogen (secondary N) is 2. The van der Waals surface area contributed by atoms with Crippen LogP contribution in [0.3, 0.4) is 0 Å². The first-order valence-corrected chi connectivity index (χ1v) is 9.38. The highest BCUT2D eigenvalue weighted by Gasteiger charge is 2.02. The fraction of sp³-hybridized carbons (Fsp3) is 0.474. The average Bonchev–Trinajstić information content (AvgIpc) is 2.94. The van der Waals surface area contributed by atoms with Crippen LogP contribution in [0.15, 0.2) is 35.3 Å². The van der Waals surface area contributed by atoms with Crippen molar-refractivity contribution in [3.8, 4) is 5.75 Å². The van der Waals surface area contributed by atoms with E-state index >= 15 is 0 Å². The van der Waals surface area contributed by atoms with Gasteiger partial charge in [-0.3, -0.25) is 9.67 Å². The number of hydrogen-bond donors (Lipinski definition) is 2. The minimum Gasteiger partial charge on any atom is -0.490 e. The Morgan fingerprint density at radius 1 is 1.26 bits per heavy atom. The van der Waals surface area contributed by atoms with Crippen LogP contribution in [-0.2, 0) is 6.54 Å². The molecule has 0 unspecified atom stereocenters. The molecule has 0 atom stereocenters. The van der Waals surface area contributed by atoms with E-state index in [-0.39, 0.29) is 24.0 Å². The van der Waals surface area contributed by atoms with Gasteiger partial charge in [0.05, 0.1) is 17.3 Å². The summed E-state index contributed by atoms with van der Waals surface area (Å²) in [5.41, 5.74) is 2.24. The molecule has 0 aliphatic rings. The summed E-state index contributed by atoms with van der Waals surface area (Å²) in [7, 11) is 0. The van der Waals surface area contributed by atoms with Gasteiger partial charge in [0.25, 0.3) is 0 Å². The molecular formula is C19H29ClIN5O. The van der Waals surface area contributed by atoms with Crippen LogP contribution < -0.4 is 15.4 Å². The molecule has 0 spiro atoms. The second kappa shape index (κ2) is 12.8. The lowest BCUT2D eigenvalue weighted by molar-refractivity contribution is 0.322. The molecule has 150 valence electrons. The third-order valence-electron chi connectivity index (χ3n) is 3.73. The largest absolute Gasteiger partial charge is 0.490 e. The molecular weight excluding hydrogens is 477 g/mol. The number of rotatable bonds is 9. The van der Waals surface area contributed by atoms with Gasteiger partial charge in [-0.2, -0.15) is 5.10 Å². The van der Waals surface area contributed by atoms with E-state index in [9.17, 15) is 0 Å². The third-order valence-corrected chi connectivity index (χ3v) is 4.05. The summed E-state index contributed by atoms with van der Waals surface area (Å²) in [5, 5.41) is 11.6. The molecule has 8 heteroatoms. The molecule has 0 aliphatic carbocycles. The normalized spacial score (nSPS) is 11.0. The summed E-state index contributed by atoms with van der Waals surface area (Å²) < 4.78 is 7.71. The molecule has 2 rings (SSSR count). The fourth-order valence-electron chi connectivity index (χ4n) is 2.55. The van der Waals surface area contributed by atoms with Crippen molar-refractivity contribution in [2.24, 2.45) is 4.99 Å². The number of hydrogen-bond acceptors (Lipinski definition) is 3. The van der Waals surface area contributed by atoms with E-state index in [1.54, 1.807) is 0 Å². The van der Waals surface area contributed by atoms with E-state index in [0.29, 0.717) is 23.9 Å². The molecule has 0 radical (unpaired) electrons. The topological polar surface area (TPSA) is 63.5 Å². The first-order valence-electron chi connectivity index (χ1n) is 9.00. The second-order valence-corrected chi connectivity index (χ2v) is 6.38. The molecule has 1 heterocycles. The van der Waals surface area contributed by atoms with Gasteiger partial charge >= 0.3 is 0 Å². The third kappa shape index (κ3) is 8.38. The highest BCUT2D eigenvalue weighted by molar-refractivity contribution is 14.0. The van der Waals surface area contributed by atoms with Gasteiger partial charge in [0.15, 0.2) is 5.96 Å². The van der Waals surface area contributed by atoms with Crippen LogP contribution in [0.2, 0.25) is 5.02 Å². The highest BCUT2D eigenvalue weighted by Crippen LogP contribution is 2.22. The van der Waals surface area contributed by atoms with Crippen LogP contribution in [0.4, 0.5) is 0 Å². The lowest BCUT2D eigenvalue weighted by Crippen LogP contribution is -2.39. The van der Waals surface area contributed by atoms with Gasteiger partial charge in [0.2, 0.25) is 0 Å². The summed E-state index contributed by atoms with van der Waals surface area (Å²) in [6.07, 6.45) is 0.939. The maximum absolute atomic E-state index is 6.07. The maximum atomic E-state index is 6.07. The zero-order chi connectivity index (χ0) is 18.8. The number of ether oxygens (including phenoxy) is 1. The average molecular weight is 506 g/mol. The Hall–Kier alpha value is -1.48. The number of halogens is 2. The van der Waals surface area contributed by atoms with Gasteiger partial charge in [0, 0.05) is 25.3 Å². The van der Waals surface area contributed by atoms with Crippen molar-refractivity contribution in [3.63, 3.8) is 0 Å². The molecule has 27 heavy (non-hydrogen) atoms. The van der Waals surface area contributed by atoms with E-state index in [4.69, 9.17) is 16.3 Å². The second-order valence-electron chi connectivity index (χ2n) is 5.97. The summed E-state index contributed by atoms with van der Waals surface area (Å²) in [5.74, 6) is 1.49. The van der Waals surface area contributed by atoms with Crippen LogP contribution in [0.25, 0.3) is 0 Å². The standard InChI is InChI=1S/C19H28ClN5O.HI/c1-4-21-19(22-10-7-12-25-16(3)14-15(2)24-25)23-11-13-26-18-9-6-5-8-17(18)20;/h5-6,8-9,14H,4,7,10-13H2,1-3H3,(H2,21,22,23);1H.